The molecule has 0 atom stereocenters. The van der Waals surface area contributed by atoms with Crippen molar-refractivity contribution in [1.82, 2.24) is 4.98 Å². The lowest BCUT2D eigenvalue weighted by atomic mass is 9.90. The van der Waals surface area contributed by atoms with Gasteiger partial charge in [-0.05, 0) is 43.4 Å². The lowest BCUT2D eigenvalue weighted by molar-refractivity contribution is 0.724. The third kappa shape index (κ3) is 1.67. The topological polar surface area (TPSA) is 36.7 Å². The van der Waals surface area contributed by atoms with Crippen LogP contribution in [0.5, 0.6) is 0 Å². The van der Waals surface area contributed by atoms with Crippen LogP contribution in [0.25, 0.3) is 5.57 Å². The highest BCUT2D eigenvalue weighted by Gasteiger charge is 2.14. The minimum atomic E-state index is 0.919. The maximum absolute atomic E-state index is 8.99. The molecule has 0 radical (unpaired) electrons. The Bertz CT molecular complexity index is 385. The van der Waals surface area contributed by atoms with E-state index in [2.05, 4.69) is 11.1 Å². The molecule has 1 heterocycles. The van der Waals surface area contributed by atoms with Crippen molar-refractivity contribution < 1.29 is 0 Å². The first-order valence-corrected chi connectivity index (χ1v) is 4.95. The minimum Gasteiger partial charge on any atom is -0.257 e. The predicted molar refractivity (Wildman–Crippen MR) is 55.2 cm³/mol. The highest BCUT2D eigenvalue weighted by atomic mass is 14.7. The maximum Gasteiger partial charge on any atom is 0.0950 e. The number of hydrogen-bond donors (Lipinski definition) is 0. The van der Waals surface area contributed by atoms with E-state index < -0.39 is 0 Å². The molecule has 0 unspecified atom stereocenters. The second kappa shape index (κ2) is 4.06. The number of nitrogens with zero attached hydrogens (tertiary/aromatic N) is 2. The van der Waals surface area contributed by atoms with Gasteiger partial charge in [-0.3, -0.25) is 4.98 Å². The molecule has 0 fully saturated rings. The van der Waals surface area contributed by atoms with Gasteiger partial charge in [0.15, 0.2) is 0 Å². The predicted octanol–water partition coefficient (Wildman–Crippen LogP) is 2.93. The van der Waals surface area contributed by atoms with Crippen molar-refractivity contribution in [3.05, 3.63) is 35.7 Å². The van der Waals surface area contributed by atoms with Crippen LogP contribution in [0, 0.1) is 11.3 Å². The zero-order valence-corrected chi connectivity index (χ0v) is 8.03. The van der Waals surface area contributed by atoms with Gasteiger partial charge < -0.3 is 0 Å². The maximum atomic E-state index is 8.99. The molecule has 2 heteroatoms. The Hall–Kier alpha value is -1.62. The largest absolute Gasteiger partial charge is 0.257 e. The van der Waals surface area contributed by atoms with Crippen molar-refractivity contribution in [1.29, 1.82) is 5.26 Å². The van der Waals surface area contributed by atoms with Gasteiger partial charge in [0.25, 0.3) is 0 Å². The van der Waals surface area contributed by atoms with Crippen LogP contribution in [0.1, 0.15) is 31.4 Å². The summed E-state index contributed by atoms with van der Waals surface area (Å²) < 4.78 is 0. The summed E-state index contributed by atoms with van der Waals surface area (Å²) in [7, 11) is 0. The van der Waals surface area contributed by atoms with Gasteiger partial charge in [-0.25, -0.2) is 0 Å². The van der Waals surface area contributed by atoms with E-state index >= 15 is 0 Å². The summed E-state index contributed by atoms with van der Waals surface area (Å²) in [4.78, 5) is 4.29. The lowest BCUT2D eigenvalue weighted by Crippen LogP contribution is -1.99. The number of pyridine rings is 1. The Morgan fingerprint density at radius 3 is 2.79 bits per heavy atom. The van der Waals surface area contributed by atoms with Crippen molar-refractivity contribution in [3.8, 4) is 6.07 Å². The molecule has 1 aromatic rings. The van der Waals surface area contributed by atoms with Gasteiger partial charge in [-0.2, -0.15) is 5.26 Å². The second-order valence-electron chi connectivity index (χ2n) is 3.49. The first kappa shape index (κ1) is 8.96. The van der Waals surface area contributed by atoms with Crippen molar-refractivity contribution in [2.75, 3.05) is 0 Å². The van der Waals surface area contributed by atoms with Crippen LogP contribution in [0.2, 0.25) is 0 Å². The lowest BCUT2D eigenvalue weighted by Gasteiger charge is -2.14. The average Bonchev–Trinajstić information content (AvgIpc) is 2.30. The Morgan fingerprint density at radius 1 is 1.21 bits per heavy atom. The number of allylic oxidation sites excluding steroid dienone is 2. The van der Waals surface area contributed by atoms with E-state index in [9.17, 15) is 0 Å². The Balaban J connectivity index is 2.42. The summed E-state index contributed by atoms with van der Waals surface area (Å²) in [5, 5.41) is 8.99. The molecule has 2 nitrogen and oxygen atoms in total. The number of aromatic nitrogens is 1. The van der Waals surface area contributed by atoms with Gasteiger partial charge >= 0.3 is 0 Å². The molecule has 0 amide bonds. The third-order valence-corrected chi connectivity index (χ3v) is 2.58. The van der Waals surface area contributed by atoms with Crippen LogP contribution < -0.4 is 0 Å². The van der Waals surface area contributed by atoms with Crippen LogP contribution in [0.4, 0.5) is 0 Å². The highest BCUT2D eigenvalue weighted by Crippen LogP contribution is 2.30. The van der Waals surface area contributed by atoms with Crippen molar-refractivity contribution >= 4 is 5.57 Å². The fourth-order valence-corrected chi connectivity index (χ4v) is 1.85. The highest BCUT2D eigenvalue weighted by molar-refractivity contribution is 5.69. The zero-order chi connectivity index (χ0) is 9.80. The smallest absolute Gasteiger partial charge is 0.0950 e. The molecular weight excluding hydrogens is 172 g/mol. The molecule has 1 aliphatic carbocycles. The molecule has 2 rings (SSSR count). The minimum absolute atomic E-state index is 0.919. The van der Waals surface area contributed by atoms with E-state index in [-0.39, 0.29) is 0 Å². The molecule has 0 aliphatic heterocycles. The summed E-state index contributed by atoms with van der Waals surface area (Å²) in [6, 6.07) is 8.15. The molecule has 0 saturated heterocycles. The van der Waals surface area contributed by atoms with E-state index in [1.54, 1.807) is 6.20 Å². The first-order chi connectivity index (χ1) is 6.92. The van der Waals surface area contributed by atoms with E-state index in [0.717, 1.165) is 36.1 Å². The second-order valence-corrected chi connectivity index (χ2v) is 3.49. The summed E-state index contributed by atoms with van der Waals surface area (Å²) >= 11 is 0. The average molecular weight is 184 g/mol. The summed E-state index contributed by atoms with van der Waals surface area (Å²) in [5.41, 5.74) is 3.05. The first-order valence-electron chi connectivity index (χ1n) is 4.95. The van der Waals surface area contributed by atoms with E-state index in [1.807, 2.05) is 18.2 Å². The molecule has 0 N–H and O–H groups in total. The zero-order valence-electron chi connectivity index (χ0n) is 8.03. The van der Waals surface area contributed by atoms with Gasteiger partial charge in [-0.15, -0.1) is 0 Å². The quantitative estimate of drug-likeness (QED) is 0.672. The third-order valence-electron chi connectivity index (χ3n) is 2.58. The van der Waals surface area contributed by atoms with Crippen LogP contribution in [0.15, 0.2) is 30.0 Å². The van der Waals surface area contributed by atoms with Crippen LogP contribution in [-0.2, 0) is 0 Å². The normalized spacial score (nSPS) is 16.5. The molecule has 0 bridgehead atoms. The van der Waals surface area contributed by atoms with Gasteiger partial charge in [-0.1, -0.05) is 6.07 Å². The molecule has 0 saturated carbocycles. The molecule has 0 spiro atoms. The van der Waals surface area contributed by atoms with Gasteiger partial charge in [0, 0.05) is 11.8 Å². The number of nitriles is 1. The van der Waals surface area contributed by atoms with Crippen molar-refractivity contribution in [2.24, 2.45) is 0 Å². The number of rotatable bonds is 1. The standard InChI is InChI=1S/C12H12N2/c13-9-10-5-1-2-6-11(10)12-7-3-4-8-14-12/h3-4,7-8H,1-2,5-6H2. The summed E-state index contributed by atoms with van der Waals surface area (Å²) in [6.07, 6.45) is 6.02. The molecule has 14 heavy (non-hydrogen) atoms. The summed E-state index contributed by atoms with van der Waals surface area (Å²) in [5.74, 6) is 0. The van der Waals surface area contributed by atoms with Crippen LogP contribution in [0.3, 0.4) is 0 Å². The summed E-state index contributed by atoms with van der Waals surface area (Å²) in [6.45, 7) is 0. The van der Waals surface area contributed by atoms with Crippen molar-refractivity contribution in [2.45, 2.75) is 25.7 Å². The van der Waals surface area contributed by atoms with E-state index in [1.165, 1.54) is 6.42 Å². The van der Waals surface area contributed by atoms with E-state index in [0.29, 0.717) is 0 Å². The molecule has 70 valence electrons. The Kier molecular flexibility index (Phi) is 2.60. The monoisotopic (exact) mass is 184 g/mol. The molecule has 1 aliphatic rings. The van der Waals surface area contributed by atoms with Crippen molar-refractivity contribution in [3.63, 3.8) is 0 Å². The van der Waals surface area contributed by atoms with Gasteiger partial charge in [0.2, 0.25) is 0 Å². The van der Waals surface area contributed by atoms with E-state index in [4.69, 9.17) is 5.26 Å². The fourth-order valence-electron chi connectivity index (χ4n) is 1.85. The Morgan fingerprint density at radius 2 is 2.07 bits per heavy atom. The van der Waals surface area contributed by atoms with Crippen LogP contribution in [-0.4, -0.2) is 4.98 Å². The fraction of sp³-hybridized carbons (Fsp3) is 0.333. The number of hydrogen-bond acceptors (Lipinski definition) is 2. The van der Waals surface area contributed by atoms with Gasteiger partial charge in [0.1, 0.15) is 0 Å². The van der Waals surface area contributed by atoms with Gasteiger partial charge in [0.05, 0.1) is 11.8 Å². The van der Waals surface area contributed by atoms with Crippen LogP contribution >= 0.6 is 0 Å². The molecular formula is C12H12N2. The molecule has 1 aromatic heterocycles. The molecule has 0 aromatic carbocycles. The SMILES string of the molecule is N#CC1=C(c2ccccn2)CCCC1. The Labute approximate surface area is 83.9 Å².